The molecule has 2 atom stereocenters. The molecule has 110 valence electrons. The highest BCUT2D eigenvalue weighted by atomic mass is 32.1. The molecule has 0 unspecified atom stereocenters. The number of nitrogens with two attached hydrogens (primary N) is 1. The van der Waals surface area contributed by atoms with Crippen LogP contribution in [0.3, 0.4) is 0 Å². The fraction of sp³-hybridized carbons (Fsp3) is 0.769. The van der Waals surface area contributed by atoms with E-state index in [2.05, 4.69) is 9.36 Å². The van der Waals surface area contributed by atoms with Gasteiger partial charge in [0.15, 0.2) is 0 Å². The van der Waals surface area contributed by atoms with Crippen molar-refractivity contribution >= 4 is 22.6 Å². The number of amides is 1. The first-order valence-corrected chi connectivity index (χ1v) is 7.88. The van der Waals surface area contributed by atoms with Gasteiger partial charge in [-0.05, 0) is 12.8 Å². The second kappa shape index (κ2) is 5.65. The standard InChI is InChI=1S/C13H20N4O2S/c1-19-9-6-10(11(14)18)17(7-9)13-15-12(16-20-13)8-4-2-3-5-8/h8-10H,2-7H2,1H3,(H2,14,18)/t9-,10-/m0/s1. The molecular weight excluding hydrogens is 276 g/mol. The molecule has 6 nitrogen and oxygen atoms in total. The lowest BCUT2D eigenvalue weighted by Gasteiger charge is -2.20. The van der Waals surface area contributed by atoms with Crippen molar-refractivity contribution in [3.05, 3.63) is 5.82 Å². The largest absolute Gasteiger partial charge is 0.380 e. The van der Waals surface area contributed by atoms with Gasteiger partial charge in [-0.2, -0.15) is 4.37 Å². The monoisotopic (exact) mass is 296 g/mol. The summed E-state index contributed by atoms with van der Waals surface area (Å²) in [5.41, 5.74) is 5.49. The number of primary amides is 1. The third-order valence-corrected chi connectivity index (χ3v) is 5.09. The Morgan fingerprint density at radius 1 is 1.45 bits per heavy atom. The van der Waals surface area contributed by atoms with Crippen molar-refractivity contribution in [3.8, 4) is 0 Å². The summed E-state index contributed by atoms with van der Waals surface area (Å²) in [5.74, 6) is 1.11. The minimum absolute atomic E-state index is 0.0336. The van der Waals surface area contributed by atoms with E-state index in [1.807, 2.05) is 4.90 Å². The van der Waals surface area contributed by atoms with Gasteiger partial charge in [-0.3, -0.25) is 4.79 Å². The quantitative estimate of drug-likeness (QED) is 0.905. The second-order valence-electron chi connectivity index (χ2n) is 5.58. The van der Waals surface area contributed by atoms with Gasteiger partial charge in [-0.15, -0.1) is 0 Å². The number of anilines is 1. The molecule has 2 N–H and O–H groups in total. The van der Waals surface area contributed by atoms with Crippen LogP contribution in [0.1, 0.15) is 43.8 Å². The minimum Gasteiger partial charge on any atom is -0.380 e. The van der Waals surface area contributed by atoms with Crippen molar-refractivity contribution in [2.45, 2.75) is 50.2 Å². The first-order chi connectivity index (χ1) is 9.69. The Morgan fingerprint density at radius 3 is 2.85 bits per heavy atom. The molecule has 3 rings (SSSR count). The summed E-state index contributed by atoms with van der Waals surface area (Å²) in [6.45, 7) is 0.656. The molecule has 1 aliphatic heterocycles. The van der Waals surface area contributed by atoms with E-state index in [0.717, 1.165) is 11.0 Å². The molecule has 2 aliphatic rings. The molecule has 0 spiro atoms. The number of nitrogens with zero attached hydrogens (tertiary/aromatic N) is 3. The number of hydrogen-bond donors (Lipinski definition) is 1. The van der Waals surface area contributed by atoms with Crippen LogP contribution in [-0.4, -0.2) is 41.1 Å². The van der Waals surface area contributed by atoms with Crippen LogP contribution in [0.15, 0.2) is 0 Å². The Kier molecular flexibility index (Phi) is 3.89. The van der Waals surface area contributed by atoms with E-state index < -0.39 is 0 Å². The number of methoxy groups -OCH3 is 1. The van der Waals surface area contributed by atoms with Crippen molar-refractivity contribution in [2.75, 3.05) is 18.6 Å². The third-order valence-electron chi connectivity index (χ3n) is 4.32. The maximum atomic E-state index is 11.6. The summed E-state index contributed by atoms with van der Waals surface area (Å²) < 4.78 is 9.84. The summed E-state index contributed by atoms with van der Waals surface area (Å²) in [5, 5.41) is 0.801. The lowest BCUT2D eigenvalue weighted by atomic mass is 10.1. The maximum Gasteiger partial charge on any atom is 0.240 e. The van der Waals surface area contributed by atoms with E-state index in [1.54, 1.807) is 7.11 Å². The van der Waals surface area contributed by atoms with Gasteiger partial charge in [0.1, 0.15) is 11.9 Å². The predicted octanol–water partition coefficient (Wildman–Crippen LogP) is 1.27. The second-order valence-corrected chi connectivity index (χ2v) is 6.31. The molecule has 1 saturated carbocycles. The van der Waals surface area contributed by atoms with E-state index in [4.69, 9.17) is 10.5 Å². The van der Waals surface area contributed by atoms with Gasteiger partial charge < -0.3 is 15.4 Å². The SMILES string of the molecule is CO[C@H]1C[C@@H](C(N)=O)N(c2nc(C3CCCC3)ns2)C1. The highest BCUT2D eigenvalue weighted by Gasteiger charge is 2.38. The fourth-order valence-electron chi connectivity index (χ4n) is 3.14. The van der Waals surface area contributed by atoms with Crippen molar-refractivity contribution in [3.63, 3.8) is 0 Å². The Balaban J connectivity index is 1.78. The predicted molar refractivity (Wildman–Crippen MR) is 76.9 cm³/mol. The van der Waals surface area contributed by atoms with Gasteiger partial charge in [-0.25, -0.2) is 4.98 Å². The number of carbonyl (C=O) groups excluding carboxylic acids is 1. The first kappa shape index (κ1) is 13.8. The molecule has 2 heterocycles. The van der Waals surface area contributed by atoms with Crippen molar-refractivity contribution in [2.24, 2.45) is 5.73 Å². The average molecular weight is 296 g/mol. The van der Waals surface area contributed by atoms with E-state index >= 15 is 0 Å². The highest BCUT2D eigenvalue weighted by molar-refractivity contribution is 7.09. The molecule has 2 fully saturated rings. The number of aromatic nitrogens is 2. The number of rotatable bonds is 4. The molecule has 1 amide bonds. The van der Waals surface area contributed by atoms with Gasteiger partial charge in [0, 0.05) is 37.5 Å². The van der Waals surface area contributed by atoms with Crippen LogP contribution in [0, 0.1) is 0 Å². The summed E-state index contributed by atoms with van der Waals surface area (Å²) in [6.07, 6.45) is 5.54. The Morgan fingerprint density at radius 2 is 2.20 bits per heavy atom. The molecular formula is C13H20N4O2S. The van der Waals surface area contributed by atoms with Crippen LogP contribution in [0.2, 0.25) is 0 Å². The molecule has 7 heteroatoms. The van der Waals surface area contributed by atoms with Crippen molar-refractivity contribution in [1.29, 1.82) is 0 Å². The molecule has 20 heavy (non-hydrogen) atoms. The number of ether oxygens (including phenoxy) is 1. The highest BCUT2D eigenvalue weighted by Crippen LogP contribution is 2.35. The van der Waals surface area contributed by atoms with Crippen LogP contribution in [0.4, 0.5) is 5.13 Å². The van der Waals surface area contributed by atoms with E-state index in [9.17, 15) is 4.79 Å². The van der Waals surface area contributed by atoms with Crippen molar-refractivity contribution in [1.82, 2.24) is 9.36 Å². The van der Waals surface area contributed by atoms with Crippen LogP contribution in [0.25, 0.3) is 0 Å². The molecule has 0 aromatic carbocycles. The van der Waals surface area contributed by atoms with Gasteiger partial charge in [0.05, 0.1) is 6.10 Å². The molecule has 1 aliphatic carbocycles. The lowest BCUT2D eigenvalue weighted by molar-refractivity contribution is -0.119. The zero-order valence-electron chi connectivity index (χ0n) is 11.6. The third kappa shape index (κ3) is 2.52. The number of carbonyl (C=O) groups is 1. The lowest BCUT2D eigenvalue weighted by Crippen LogP contribution is -2.40. The molecule has 1 aromatic rings. The Bertz CT molecular complexity index is 486. The normalized spacial score (nSPS) is 27.4. The first-order valence-electron chi connectivity index (χ1n) is 7.11. The molecule has 1 saturated heterocycles. The molecule has 0 radical (unpaired) electrons. The molecule has 0 bridgehead atoms. The van der Waals surface area contributed by atoms with Gasteiger partial charge in [-0.1, -0.05) is 12.8 Å². The fourth-order valence-corrected chi connectivity index (χ4v) is 3.95. The summed E-state index contributed by atoms with van der Waals surface area (Å²) in [4.78, 5) is 18.2. The van der Waals surface area contributed by atoms with Crippen LogP contribution >= 0.6 is 11.5 Å². The Hall–Kier alpha value is -1.21. The van der Waals surface area contributed by atoms with Gasteiger partial charge in [0.2, 0.25) is 11.0 Å². The van der Waals surface area contributed by atoms with Gasteiger partial charge in [0.25, 0.3) is 0 Å². The smallest absolute Gasteiger partial charge is 0.240 e. The van der Waals surface area contributed by atoms with Crippen LogP contribution in [-0.2, 0) is 9.53 Å². The topological polar surface area (TPSA) is 81.3 Å². The molecule has 1 aromatic heterocycles. The van der Waals surface area contributed by atoms with Crippen molar-refractivity contribution < 1.29 is 9.53 Å². The van der Waals surface area contributed by atoms with E-state index in [1.165, 1.54) is 37.2 Å². The van der Waals surface area contributed by atoms with E-state index in [0.29, 0.717) is 18.9 Å². The summed E-state index contributed by atoms with van der Waals surface area (Å²) in [7, 11) is 1.66. The zero-order valence-corrected chi connectivity index (χ0v) is 12.4. The average Bonchev–Trinajstić information content (AvgIpc) is 3.17. The van der Waals surface area contributed by atoms with Gasteiger partial charge >= 0.3 is 0 Å². The summed E-state index contributed by atoms with van der Waals surface area (Å²) >= 11 is 1.37. The minimum atomic E-state index is -0.329. The van der Waals surface area contributed by atoms with Crippen LogP contribution in [0.5, 0.6) is 0 Å². The number of hydrogen-bond acceptors (Lipinski definition) is 6. The van der Waals surface area contributed by atoms with E-state index in [-0.39, 0.29) is 18.1 Å². The summed E-state index contributed by atoms with van der Waals surface area (Å²) in [6, 6.07) is -0.329. The Labute approximate surface area is 122 Å². The zero-order chi connectivity index (χ0) is 14.1. The maximum absolute atomic E-state index is 11.6. The van der Waals surface area contributed by atoms with Crippen LogP contribution < -0.4 is 10.6 Å².